The Bertz CT molecular complexity index is 231. The molecule has 2 rings (SSSR count). The average molecular weight is 307 g/mol. The van der Waals surface area contributed by atoms with Gasteiger partial charge in [-0.2, -0.15) is 0 Å². The summed E-state index contributed by atoms with van der Waals surface area (Å²) in [6.45, 7) is 2.52. The fraction of sp³-hybridized carbons (Fsp3) is 1.00. The van der Waals surface area contributed by atoms with E-state index >= 15 is 0 Å². The number of hydrogen-bond donors (Lipinski definition) is 0. The summed E-state index contributed by atoms with van der Waals surface area (Å²) in [4.78, 5) is 0. The lowest BCUT2D eigenvalue weighted by Crippen LogP contribution is -1.88. The van der Waals surface area contributed by atoms with Crippen LogP contribution in [0.2, 0.25) is 0 Å². The molecule has 0 spiro atoms. The van der Waals surface area contributed by atoms with Crippen molar-refractivity contribution in [3.05, 3.63) is 0 Å². The second-order valence-corrected chi connectivity index (χ2v) is 8.42. The lowest BCUT2D eigenvalue weighted by Gasteiger charge is -2.05. The third-order valence-electron chi connectivity index (χ3n) is 6.58. The Labute approximate surface area is 140 Å². The minimum absolute atomic E-state index is 1.06. The SMILES string of the molecule is CC1C2CCCCCCCCCCCCCCCCCCC12. The summed E-state index contributed by atoms with van der Waals surface area (Å²) in [6.07, 6.45) is 27.2. The van der Waals surface area contributed by atoms with Gasteiger partial charge >= 0.3 is 0 Å². The van der Waals surface area contributed by atoms with Crippen LogP contribution in [-0.4, -0.2) is 0 Å². The number of fused-ring (bicyclic) bond motifs is 1. The quantitative estimate of drug-likeness (QED) is 0.426. The lowest BCUT2D eigenvalue weighted by molar-refractivity contribution is 0.495. The average Bonchev–Trinajstić information content (AvgIpc) is 3.13. The predicted molar refractivity (Wildman–Crippen MR) is 99.3 cm³/mol. The van der Waals surface area contributed by atoms with E-state index in [4.69, 9.17) is 0 Å². The Hall–Kier alpha value is 0. The van der Waals surface area contributed by atoms with E-state index in [1.807, 2.05) is 0 Å². The van der Waals surface area contributed by atoms with Gasteiger partial charge in [0.1, 0.15) is 0 Å². The van der Waals surface area contributed by atoms with E-state index in [1.54, 1.807) is 12.8 Å². The van der Waals surface area contributed by atoms with Gasteiger partial charge in [-0.05, 0) is 30.6 Å². The van der Waals surface area contributed by atoms with Crippen LogP contribution in [0.25, 0.3) is 0 Å². The molecule has 2 aliphatic carbocycles. The van der Waals surface area contributed by atoms with Crippen LogP contribution >= 0.6 is 0 Å². The van der Waals surface area contributed by atoms with E-state index in [1.165, 1.54) is 103 Å². The second-order valence-electron chi connectivity index (χ2n) is 8.42. The molecule has 0 N–H and O–H groups in total. The van der Waals surface area contributed by atoms with Gasteiger partial charge in [0.25, 0.3) is 0 Å². The van der Waals surface area contributed by atoms with Crippen LogP contribution < -0.4 is 0 Å². The van der Waals surface area contributed by atoms with Gasteiger partial charge in [0.15, 0.2) is 0 Å². The molecule has 0 aromatic rings. The highest BCUT2D eigenvalue weighted by Crippen LogP contribution is 2.51. The van der Waals surface area contributed by atoms with Crippen molar-refractivity contribution in [1.29, 1.82) is 0 Å². The van der Waals surface area contributed by atoms with Crippen LogP contribution in [-0.2, 0) is 0 Å². The summed E-state index contributed by atoms with van der Waals surface area (Å²) in [5.74, 6) is 3.30. The highest BCUT2D eigenvalue weighted by molar-refractivity contribution is 4.93. The minimum Gasteiger partial charge on any atom is -0.0620 e. The van der Waals surface area contributed by atoms with E-state index in [9.17, 15) is 0 Å². The highest BCUT2D eigenvalue weighted by Gasteiger charge is 2.44. The maximum atomic E-state index is 2.52. The van der Waals surface area contributed by atoms with Gasteiger partial charge in [0.2, 0.25) is 0 Å². The molecule has 0 aromatic carbocycles. The molecule has 2 saturated carbocycles. The minimum atomic E-state index is 1.06. The molecule has 2 unspecified atom stereocenters. The molecule has 0 bridgehead atoms. The zero-order chi connectivity index (χ0) is 15.5. The first-order chi connectivity index (χ1) is 10.9. The molecule has 0 amide bonds. The summed E-state index contributed by atoms with van der Waals surface area (Å²) in [5.41, 5.74) is 0. The Morgan fingerprint density at radius 2 is 0.591 bits per heavy atom. The highest BCUT2D eigenvalue weighted by atomic mass is 14.5. The Morgan fingerprint density at radius 1 is 0.364 bits per heavy atom. The normalized spacial score (nSPS) is 34.5. The standard InChI is InChI=1S/C22H42/c1-20-21-18-16-14-12-10-8-6-4-2-3-5-7-9-11-13-15-17-19-22(20)21/h20-22H,2-19H2,1H3. The van der Waals surface area contributed by atoms with Crippen molar-refractivity contribution in [3.63, 3.8) is 0 Å². The van der Waals surface area contributed by atoms with Crippen LogP contribution in [0.1, 0.15) is 122 Å². The van der Waals surface area contributed by atoms with E-state index < -0.39 is 0 Å². The molecule has 0 heteroatoms. The third kappa shape index (κ3) is 7.51. The first-order valence-corrected chi connectivity index (χ1v) is 10.9. The fourth-order valence-corrected chi connectivity index (χ4v) is 4.83. The maximum absolute atomic E-state index is 2.52. The van der Waals surface area contributed by atoms with Crippen LogP contribution in [0, 0.1) is 17.8 Å². The largest absolute Gasteiger partial charge is 0.0620 e. The third-order valence-corrected chi connectivity index (χ3v) is 6.58. The molecule has 0 heterocycles. The summed E-state index contributed by atoms with van der Waals surface area (Å²) < 4.78 is 0. The zero-order valence-corrected chi connectivity index (χ0v) is 15.5. The molecule has 130 valence electrons. The van der Waals surface area contributed by atoms with E-state index in [0.717, 1.165) is 17.8 Å². The molecular weight excluding hydrogens is 264 g/mol. The first kappa shape index (κ1) is 18.3. The summed E-state index contributed by atoms with van der Waals surface area (Å²) >= 11 is 0. The molecule has 0 radical (unpaired) electrons. The van der Waals surface area contributed by atoms with E-state index in [0.29, 0.717) is 0 Å². The van der Waals surface area contributed by atoms with Crippen molar-refractivity contribution in [2.45, 2.75) is 122 Å². The van der Waals surface area contributed by atoms with Gasteiger partial charge in [0.05, 0.1) is 0 Å². The van der Waals surface area contributed by atoms with E-state index in [-0.39, 0.29) is 0 Å². The first-order valence-electron chi connectivity index (χ1n) is 10.9. The smallest absolute Gasteiger partial charge is 0.0355 e. The Morgan fingerprint density at radius 3 is 0.864 bits per heavy atom. The molecule has 2 fully saturated rings. The molecule has 0 nitrogen and oxygen atoms in total. The van der Waals surface area contributed by atoms with Crippen molar-refractivity contribution in [2.75, 3.05) is 0 Å². The van der Waals surface area contributed by atoms with Gasteiger partial charge in [-0.3, -0.25) is 0 Å². The Kier molecular flexibility index (Phi) is 9.61. The molecule has 0 saturated heterocycles. The van der Waals surface area contributed by atoms with Gasteiger partial charge in [-0.25, -0.2) is 0 Å². The topological polar surface area (TPSA) is 0 Å². The van der Waals surface area contributed by atoms with Crippen molar-refractivity contribution >= 4 is 0 Å². The summed E-state index contributed by atoms with van der Waals surface area (Å²) in [5, 5.41) is 0. The zero-order valence-electron chi connectivity index (χ0n) is 15.5. The molecule has 0 aliphatic heterocycles. The summed E-state index contributed by atoms with van der Waals surface area (Å²) in [6, 6.07) is 0. The number of hydrogen-bond acceptors (Lipinski definition) is 0. The number of rotatable bonds is 0. The van der Waals surface area contributed by atoms with Gasteiger partial charge in [0, 0.05) is 0 Å². The lowest BCUT2D eigenvalue weighted by atomic mass is 10.0. The summed E-state index contributed by atoms with van der Waals surface area (Å²) in [7, 11) is 0. The van der Waals surface area contributed by atoms with Gasteiger partial charge in [-0.1, -0.05) is 110 Å². The van der Waals surface area contributed by atoms with Crippen LogP contribution in [0.15, 0.2) is 0 Å². The second kappa shape index (κ2) is 11.5. The monoisotopic (exact) mass is 306 g/mol. The van der Waals surface area contributed by atoms with Crippen molar-refractivity contribution < 1.29 is 0 Å². The van der Waals surface area contributed by atoms with Crippen LogP contribution in [0.4, 0.5) is 0 Å². The molecule has 0 aromatic heterocycles. The predicted octanol–water partition coefficient (Wildman–Crippen LogP) is 7.90. The molecule has 22 heavy (non-hydrogen) atoms. The van der Waals surface area contributed by atoms with Crippen molar-refractivity contribution in [2.24, 2.45) is 17.8 Å². The van der Waals surface area contributed by atoms with Crippen LogP contribution in [0.3, 0.4) is 0 Å². The van der Waals surface area contributed by atoms with Crippen molar-refractivity contribution in [3.8, 4) is 0 Å². The van der Waals surface area contributed by atoms with Gasteiger partial charge < -0.3 is 0 Å². The Balaban J connectivity index is 1.58. The molecule has 2 atom stereocenters. The maximum Gasteiger partial charge on any atom is -0.0355 e. The molecule has 2 aliphatic rings. The van der Waals surface area contributed by atoms with Crippen LogP contribution in [0.5, 0.6) is 0 Å². The molecular formula is C22H42. The van der Waals surface area contributed by atoms with E-state index in [2.05, 4.69) is 6.92 Å². The van der Waals surface area contributed by atoms with Crippen molar-refractivity contribution in [1.82, 2.24) is 0 Å². The van der Waals surface area contributed by atoms with Gasteiger partial charge in [-0.15, -0.1) is 0 Å². The fourth-order valence-electron chi connectivity index (χ4n) is 4.83.